The van der Waals surface area contributed by atoms with E-state index in [9.17, 15) is 14.7 Å². The fourth-order valence-electron chi connectivity index (χ4n) is 4.81. The van der Waals surface area contributed by atoms with Crippen LogP contribution in [0, 0.1) is 0 Å². The highest BCUT2D eigenvalue weighted by molar-refractivity contribution is 7.99. The first-order chi connectivity index (χ1) is 21.4. The second-order valence-corrected chi connectivity index (χ2v) is 11.5. The van der Waals surface area contributed by atoms with Crippen LogP contribution in [0.3, 0.4) is 0 Å². The maximum atomic E-state index is 12.7. The van der Waals surface area contributed by atoms with Crippen molar-refractivity contribution < 1.29 is 24.2 Å². The number of aryl methyl sites for hydroxylation is 1. The number of carbonyl (C=O) groups excluding carboxylic acids is 2. The van der Waals surface area contributed by atoms with Crippen LogP contribution in [0.1, 0.15) is 54.8 Å². The number of nitrogens with zero attached hydrogens (tertiary/aromatic N) is 3. The summed E-state index contributed by atoms with van der Waals surface area (Å²) in [6.07, 6.45) is 2.03. The molecule has 5 rings (SSSR count). The van der Waals surface area contributed by atoms with Crippen LogP contribution in [0.2, 0.25) is 0 Å². The molecule has 1 fully saturated rings. The highest BCUT2D eigenvalue weighted by Gasteiger charge is 2.32. The second-order valence-electron chi connectivity index (χ2n) is 10.5. The third-order valence-electron chi connectivity index (χ3n) is 7.17. The molecule has 3 aromatic carbocycles. The van der Waals surface area contributed by atoms with Crippen LogP contribution in [-0.2, 0) is 32.7 Å². The number of nitrogens with one attached hydrogen (secondary N) is 2. The lowest BCUT2D eigenvalue weighted by Crippen LogP contribution is -2.31. The number of ether oxygens (including phenoxy) is 2. The minimum absolute atomic E-state index is 0.0248. The molecule has 4 aromatic rings. The van der Waals surface area contributed by atoms with Crippen molar-refractivity contribution in [3.63, 3.8) is 0 Å². The van der Waals surface area contributed by atoms with E-state index >= 15 is 0 Å². The second kappa shape index (κ2) is 15.0. The molecule has 5 N–H and O–H groups in total. The Kier molecular flexibility index (Phi) is 10.6. The van der Waals surface area contributed by atoms with Gasteiger partial charge in [-0.15, -0.1) is 10.2 Å². The lowest BCUT2D eigenvalue weighted by Gasteiger charge is -2.36. The molecule has 1 aliphatic rings. The summed E-state index contributed by atoms with van der Waals surface area (Å²) < 4.78 is 14.7. The summed E-state index contributed by atoms with van der Waals surface area (Å²) in [5.74, 6) is 0.259. The number of aromatic nitrogens is 3. The van der Waals surface area contributed by atoms with E-state index < -0.39 is 6.29 Å². The van der Waals surface area contributed by atoms with E-state index in [1.165, 1.54) is 0 Å². The van der Waals surface area contributed by atoms with Crippen molar-refractivity contribution in [2.24, 2.45) is 7.05 Å². The molecule has 0 saturated carbocycles. The van der Waals surface area contributed by atoms with Gasteiger partial charge in [-0.3, -0.25) is 9.59 Å². The molecule has 11 nitrogen and oxygen atoms in total. The highest BCUT2D eigenvalue weighted by Crippen LogP contribution is 2.39. The number of aliphatic hydroxyl groups excluding tert-OH is 1. The number of nitrogen functional groups attached to an aromatic ring is 1. The Morgan fingerprint density at radius 1 is 1.00 bits per heavy atom. The van der Waals surface area contributed by atoms with Crippen LogP contribution in [0.4, 0.5) is 17.1 Å². The molecular weight excluding hydrogens is 580 g/mol. The Morgan fingerprint density at radius 3 is 2.50 bits per heavy atom. The number of hydrogen-bond donors (Lipinski definition) is 4. The molecule has 0 bridgehead atoms. The van der Waals surface area contributed by atoms with Crippen molar-refractivity contribution in [1.82, 2.24) is 14.8 Å². The lowest BCUT2D eigenvalue weighted by atomic mass is 10.0. The summed E-state index contributed by atoms with van der Waals surface area (Å²) in [6.45, 7) is -0.0248. The zero-order valence-electron chi connectivity index (χ0n) is 24.4. The molecule has 2 heterocycles. The van der Waals surface area contributed by atoms with Gasteiger partial charge in [0, 0.05) is 43.3 Å². The first-order valence-electron chi connectivity index (χ1n) is 14.4. The SMILES string of the molecule is Cn1cnnc1SC[C@H]1C[C@@H](c2ccc(CO)cc2)O[C@@H](c2cccc(NC(=O)CCCC(=O)Nc3ccccc3N)c2)O1. The van der Waals surface area contributed by atoms with Crippen LogP contribution in [0.5, 0.6) is 0 Å². The number of aliphatic hydroxyl groups is 1. The topological polar surface area (TPSA) is 154 Å². The van der Waals surface area contributed by atoms with Crippen LogP contribution in [0.25, 0.3) is 0 Å². The van der Waals surface area contributed by atoms with E-state index in [1.54, 1.807) is 42.4 Å². The Hall–Kier alpha value is -4.23. The smallest absolute Gasteiger partial charge is 0.224 e. The van der Waals surface area contributed by atoms with Crippen LogP contribution >= 0.6 is 11.8 Å². The molecular formula is C32H36N6O5S. The molecule has 1 aliphatic heterocycles. The van der Waals surface area contributed by atoms with E-state index in [1.807, 2.05) is 60.1 Å². The summed E-state index contributed by atoms with van der Waals surface area (Å²) in [6, 6.07) is 22.2. The van der Waals surface area contributed by atoms with E-state index in [0.29, 0.717) is 35.7 Å². The van der Waals surface area contributed by atoms with E-state index in [2.05, 4.69) is 20.8 Å². The van der Waals surface area contributed by atoms with E-state index in [4.69, 9.17) is 15.2 Å². The van der Waals surface area contributed by atoms with Crippen LogP contribution in [-0.4, -0.2) is 43.5 Å². The Morgan fingerprint density at radius 2 is 1.77 bits per heavy atom. The van der Waals surface area contributed by atoms with Gasteiger partial charge in [0.25, 0.3) is 0 Å². The third kappa shape index (κ3) is 8.44. The van der Waals surface area contributed by atoms with Crippen molar-refractivity contribution in [2.45, 2.75) is 55.9 Å². The van der Waals surface area contributed by atoms with Gasteiger partial charge in [0.15, 0.2) is 11.4 Å². The molecule has 3 atom stereocenters. The first kappa shape index (κ1) is 31.2. The maximum absolute atomic E-state index is 12.7. The van der Waals surface area contributed by atoms with Gasteiger partial charge >= 0.3 is 0 Å². The van der Waals surface area contributed by atoms with Gasteiger partial charge in [0.1, 0.15) is 6.33 Å². The average molecular weight is 617 g/mol. The first-order valence-corrected chi connectivity index (χ1v) is 15.4. The molecule has 1 saturated heterocycles. The quantitative estimate of drug-likeness (QED) is 0.128. The highest BCUT2D eigenvalue weighted by atomic mass is 32.2. The van der Waals surface area contributed by atoms with Crippen molar-refractivity contribution >= 4 is 40.6 Å². The van der Waals surface area contributed by atoms with Gasteiger partial charge in [-0.25, -0.2) is 0 Å². The molecule has 1 aromatic heterocycles. The third-order valence-corrected chi connectivity index (χ3v) is 8.33. The van der Waals surface area contributed by atoms with Crippen molar-refractivity contribution in [3.05, 3.63) is 95.8 Å². The summed E-state index contributed by atoms with van der Waals surface area (Å²) in [5.41, 5.74) is 10.1. The molecule has 2 amide bonds. The number of benzene rings is 3. The Bertz CT molecular complexity index is 1560. The largest absolute Gasteiger partial charge is 0.397 e. The molecule has 0 aliphatic carbocycles. The van der Waals surface area contributed by atoms with Gasteiger partial charge in [0.05, 0.1) is 30.2 Å². The number of nitrogens with two attached hydrogens (primary N) is 1. The minimum atomic E-state index is -0.665. The van der Waals surface area contributed by atoms with Crippen LogP contribution in [0.15, 0.2) is 84.3 Å². The molecule has 12 heteroatoms. The summed E-state index contributed by atoms with van der Waals surface area (Å²) in [4.78, 5) is 25.0. The Labute approximate surface area is 260 Å². The molecule has 0 radical (unpaired) electrons. The predicted molar refractivity (Wildman–Crippen MR) is 169 cm³/mol. The fourth-order valence-corrected chi connectivity index (χ4v) is 5.72. The predicted octanol–water partition coefficient (Wildman–Crippen LogP) is 4.97. The summed E-state index contributed by atoms with van der Waals surface area (Å²) in [5, 5.41) is 24.1. The molecule has 0 unspecified atom stereocenters. The monoisotopic (exact) mass is 616 g/mol. The lowest BCUT2D eigenvalue weighted by molar-refractivity contribution is -0.245. The van der Waals surface area contributed by atoms with Gasteiger partial charge in [0.2, 0.25) is 11.8 Å². The average Bonchev–Trinajstić information content (AvgIpc) is 3.45. The number of para-hydroxylation sites is 2. The number of anilines is 3. The maximum Gasteiger partial charge on any atom is 0.224 e. The van der Waals surface area contributed by atoms with Crippen LogP contribution < -0.4 is 16.4 Å². The minimum Gasteiger partial charge on any atom is -0.397 e. The number of amides is 2. The van der Waals surface area contributed by atoms with Gasteiger partial charge in [-0.05, 0) is 41.8 Å². The number of hydrogen-bond acceptors (Lipinski definition) is 9. The van der Waals surface area contributed by atoms with Gasteiger partial charge in [-0.1, -0.05) is 60.3 Å². The van der Waals surface area contributed by atoms with E-state index in [0.717, 1.165) is 21.8 Å². The van der Waals surface area contributed by atoms with E-state index in [-0.39, 0.29) is 43.5 Å². The summed E-state index contributed by atoms with van der Waals surface area (Å²) in [7, 11) is 1.90. The fraction of sp³-hybridized carbons (Fsp3) is 0.312. The number of thioether (sulfide) groups is 1. The van der Waals surface area contributed by atoms with Crippen molar-refractivity contribution in [3.8, 4) is 0 Å². The number of rotatable bonds is 12. The normalized spacial score (nSPS) is 18.1. The zero-order valence-corrected chi connectivity index (χ0v) is 25.2. The molecule has 44 heavy (non-hydrogen) atoms. The number of carbonyl (C=O) groups is 2. The van der Waals surface area contributed by atoms with Crippen molar-refractivity contribution in [1.29, 1.82) is 0 Å². The van der Waals surface area contributed by atoms with Gasteiger partial charge < -0.3 is 35.5 Å². The zero-order chi connectivity index (χ0) is 30.9. The van der Waals surface area contributed by atoms with Crippen molar-refractivity contribution in [2.75, 3.05) is 22.1 Å². The standard InChI is InChI=1S/C32H36N6O5S/c1-38-20-34-37-32(38)44-19-25-17-28(22-14-12-21(18-39)13-15-22)43-31(42-25)23-6-4-7-24(16-23)35-29(40)10-5-11-30(41)36-27-9-3-2-8-26(27)33/h2-4,6-9,12-16,20,25,28,31,39H,5,10-11,17-19,33H2,1H3,(H,35,40)(H,36,41)/t25-,28+,31+/m1/s1. The molecule has 230 valence electrons. The molecule has 0 spiro atoms. The van der Waals surface area contributed by atoms with Gasteiger partial charge in [-0.2, -0.15) is 0 Å². The Balaban J connectivity index is 1.20. The summed E-state index contributed by atoms with van der Waals surface area (Å²) >= 11 is 1.57.